The Labute approximate surface area is 84.1 Å². The van der Waals surface area contributed by atoms with E-state index in [1.807, 2.05) is 24.3 Å². The Balaban J connectivity index is 2.10. The number of nitriles is 1. The molecule has 2 nitrogen and oxygen atoms in total. The number of hydrogen-bond acceptors (Lipinski definition) is 2. The molecule has 1 fully saturated rings. The zero-order valence-corrected chi connectivity index (χ0v) is 8.07. The fourth-order valence-electron chi connectivity index (χ4n) is 1.52. The van der Waals surface area contributed by atoms with Gasteiger partial charge in [-0.1, -0.05) is 18.2 Å². The van der Waals surface area contributed by atoms with E-state index in [9.17, 15) is 0 Å². The van der Waals surface area contributed by atoms with E-state index in [1.165, 1.54) is 6.42 Å². The highest BCUT2D eigenvalue weighted by Gasteiger charge is 2.19. The number of para-hydroxylation sites is 1. The minimum Gasteiger partial charge on any atom is -0.490 e. The predicted molar refractivity (Wildman–Crippen MR) is 54.0 cm³/mol. The molecule has 2 heteroatoms. The van der Waals surface area contributed by atoms with Crippen LogP contribution in [0.15, 0.2) is 24.3 Å². The zero-order chi connectivity index (χ0) is 9.80. The van der Waals surface area contributed by atoms with E-state index in [2.05, 4.69) is 6.07 Å². The van der Waals surface area contributed by atoms with Gasteiger partial charge in [-0.2, -0.15) is 5.26 Å². The summed E-state index contributed by atoms with van der Waals surface area (Å²) in [5, 5.41) is 8.64. The third-order valence-electron chi connectivity index (χ3n) is 2.59. The predicted octanol–water partition coefficient (Wildman–Crippen LogP) is 2.68. The van der Waals surface area contributed by atoms with Crippen molar-refractivity contribution < 1.29 is 4.74 Å². The van der Waals surface area contributed by atoms with Crippen molar-refractivity contribution in [3.63, 3.8) is 0 Å². The maximum atomic E-state index is 8.64. The quantitative estimate of drug-likeness (QED) is 0.728. The molecule has 0 aliphatic heterocycles. The van der Waals surface area contributed by atoms with E-state index in [0.29, 0.717) is 12.5 Å². The fourth-order valence-corrected chi connectivity index (χ4v) is 1.52. The third-order valence-corrected chi connectivity index (χ3v) is 2.59. The van der Waals surface area contributed by atoms with Crippen molar-refractivity contribution >= 4 is 0 Å². The van der Waals surface area contributed by atoms with Gasteiger partial charge < -0.3 is 4.74 Å². The second-order valence-corrected chi connectivity index (χ2v) is 3.61. The molecule has 0 unspecified atom stereocenters. The molecule has 2 rings (SSSR count). The summed E-state index contributed by atoms with van der Waals surface area (Å²) in [4.78, 5) is 0. The van der Waals surface area contributed by atoms with E-state index >= 15 is 0 Å². The Morgan fingerprint density at radius 1 is 1.36 bits per heavy atom. The first kappa shape index (κ1) is 9.08. The molecule has 0 aromatic heterocycles. The average Bonchev–Trinajstić information content (AvgIpc) is 2.14. The standard InChI is InChI=1S/C12H13NO/c13-9-8-10-4-1-2-7-12(10)14-11-5-3-6-11/h1-2,4,7,11H,3,5-6,8H2. The Kier molecular flexibility index (Phi) is 2.69. The van der Waals surface area contributed by atoms with Gasteiger partial charge in [0.1, 0.15) is 5.75 Å². The second kappa shape index (κ2) is 4.15. The normalized spacial score (nSPS) is 15.6. The Bertz CT molecular complexity index is 350. The first-order valence-electron chi connectivity index (χ1n) is 5.01. The maximum absolute atomic E-state index is 8.64. The summed E-state index contributed by atoms with van der Waals surface area (Å²) in [6.07, 6.45) is 4.39. The average molecular weight is 187 g/mol. The summed E-state index contributed by atoms with van der Waals surface area (Å²) in [7, 11) is 0. The first-order valence-corrected chi connectivity index (χ1v) is 5.01. The monoisotopic (exact) mass is 187 g/mol. The van der Waals surface area contributed by atoms with Crippen molar-refractivity contribution in [2.24, 2.45) is 0 Å². The van der Waals surface area contributed by atoms with Crippen LogP contribution >= 0.6 is 0 Å². The van der Waals surface area contributed by atoms with Crippen LogP contribution in [0.1, 0.15) is 24.8 Å². The van der Waals surface area contributed by atoms with Crippen molar-refractivity contribution in [3.05, 3.63) is 29.8 Å². The smallest absolute Gasteiger partial charge is 0.123 e. The van der Waals surface area contributed by atoms with Gasteiger partial charge in [-0.3, -0.25) is 0 Å². The molecular formula is C12H13NO. The molecule has 14 heavy (non-hydrogen) atoms. The summed E-state index contributed by atoms with van der Waals surface area (Å²) in [5.74, 6) is 0.888. The van der Waals surface area contributed by atoms with E-state index in [-0.39, 0.29) is 0 Å². The number of rotatable bonds is 3. The van der Waals surface area contributed by atoms with Crippen LogP contribution in [0.2, 0.25) is 0 Å². The fraction of sp³-hybridized carbons (Fsp3) is 0.417. The van der Waals surface area contributed by atoms with E-state index in [4.69, 9.17) is 10.00 Å². The summed E-state index contributed by atoms with van der Waals surface area (Å²) >= 11 is 0. The minimum atomic E-state index is 0.384. The zero-order valence-electron chi connectivity index (χ0n) is 8.07. The van der Waals surface area contributed by atoms with E-state index < -0.39 is 0 Å². The molecule has 1 aliphatic rings. The summed E-state index contributed by atoms with van der Waals surface area (Å²) in [6.45, 7) is 0. The highest BCUT2D eigenvalue weighted by atomic mass is 16.5. The molecule has 72 valence electrons. The van der Waals surface area contributed by atoms with Gasteiger partial charge in [0.15, 0.2) is 0 Å². The van der Waals surface area contributed by atoms with Crippen LogP contribution < -0.4 is 4.74 Å². The SMILES string of the molecule is N#CCc1ccccc1OC1CCC1. The molecule has 0 bridgehead atoms. The summed E-state index contributed by atoms with van der Waals surface area (Å²) in [6, 6.07) is 9.96. The molecule has 0 amide bonds. The number of hydrogen-bond donors (Lipinski definition) is 0. The number of ether oxygens (including phenoxy) is 1. The van der Waals surface area contributed by atoms with Crippen LogP contribution in [0.25, 0.3) is 0 Å². The lowest BCUT2D eigenvalue weighted by atomic mass is 9.96. The van der Waals surface area contributed by atoms with Gasteiger partial charge in [0, 0.05) is 5.56 Å². The lowest BCUT2D eigenvalue weighted by Gasteiger charge is -2.27. The Morgan fingerprint density at radius 2 is 2.14 bits per heavy atom. The van der Waals surface area contributed by atoms with Crippen LogP contribution in [0.5, 0.6) is 5.75 Å². The second-order valence-electron chi connectivity index (χ2n) is 3.61. The Hall–Kier alpha value is -1.49. The molecule has 0 saturated heterocycles. The highest BCUT2D eigenvalue weighted by molar-refractivity contribution is 5.35. The van der Waals surface area contributed by atoms with Crippen molar-refractivity contribution in [1.29, 1.82) is 5.26 Å². The molecule has 0 spiro atoms. The Morgan fingerprint density at radius 3 is 2.79 bits per heavy atom. The molecule has 0 atom stereocenters. The molecule has 0 N–H and O–H groups in total. The molecule has 0 heterocycles. The van der Waals surface area contributed by atoms with E-state index in [1.54, 1.807) is 0 Å². The van der Waals surface area contributed by atoms with Crippen LogP contribution in [0, 0.1) is 11.3 Å². The van der Waals surface area contributed by atoms with Crippen molar-refractivity contribution in [3.8, 4) is 11.8 Å². The molecule has 1 aliphatic carbocycles. The van der Waals surface area contributed by atoms with Crippen LogP contribution in [0.3, 0.4) is 0 Å². The first-order chi connectivity index (χ1) is 6.90. The van der Waals surface area contributed by atoms with Crippen LogP contribution in [-0.4, -0.2) is 6.10 Å². The number of benzene rings is 1. The topological polar surface area (TPSA) is 33.0 Å². The van der Waals surface area contributed by atoms with Gasteiger partial charge >= 0.3 is 0 Å². The van der Waals surface area contributed by atoms with Gasteiger partial charge in [-0.05, 0) is 25.3 Å². The lowest BCUT2D eigenvalue weighted by molar-refractivity contribution is 0.119. The summed E-state index contributed by atoms with van der Waals surface area (Å²) in [5.41, 5.74) is 1.00. The van der Waals surface area contributed by atoms with Crippen LogP contribution in [0.4, 0.5) is 0 Å². The molecule has 1 aromatic carbocycles. The molecule has 1 aromatic rings. The van der Waals surface area contributed by atoms with Gasteiger partial charge in [0.2, 0.25) is 0 Å². The third kappa shape index (κ3) is 1.88. The van der Waals surface area contributed by atoms with Crippen molar-refractivity contribution in [2.45, 2.75) is 31.8 Å². The molecular weight excluding hydrogens is 174 g/mol. The van der Waals surface area contributed by atoms with Crippen molar-refractivity contribution in [2.75, 3.05) is 0 Å². The van der Waals surface area contributed by atoms with E-state index in [0.717, 1.165) is 24.2 Å². The maximum Gasteiger partial charge on any atom is 0.123 e. The minimum absolute atomic E-state index is 0.384. The highest BCUT2D eigenvalue weighted by Crippen LogP contribution is 2.27. The lowest BCUT2D eigenvalue weighted by Crippen LogP contribution is -2.24. The molecule has 0 radical (unpaired) electrons. The van der Waals surface area contributed by atoms with Gasteiger partial charge in [0.25, 0.3) is 0 Å². The summed E-state index contributed by atoms with van der Waals surface area (Å²) < 4.78 is 5.78. The van der Waals surface area contributed by atoms with Crippen LogP contribution in [-0.2, 0) is 6.42 Å². The van der Waals surface area contributed by atoms with Gasteiger partial charge in [-0.25, -0.2) is 0 Å². The number of nitrogens with zero attached hydrogens (tertiary/aromatic N) is 1. The van der Waals surface area contributed by atoms with Gasteiger partial charge in [0.05, 0.1) is 18.6 Å². The van der Waals surface area contributed by atoms with Crippen molar-refractivity contribution in [1.82, 2.24) is 0 Å². The largest absolute Gasteiger partial charge is 0.490 e. The van der Waals surface area contributed by atoms with Gasteiger partial charge in [-0.15, -0.1) is 0 Å². The molecule has 1 saturated carbocycles.